The Kier molecular flexibility index (Phi) is 3.20. The quantitative estimate of drug-likeness (QED) is 0.691. The topological polar surface area (TPSA) is 47.8 Å². The summed E-state index contributed by atoms with van der Waals surface area (Å²) in [6.07, 6.45) is 3.70. The van der Waals surface area contributed by atoms with E-state index >= 15 is 0 Å². The highest BCUT2D eigenvalue weighted by Gasteiger charge is 2.14. The Morgan fingerprint density at radius 1 is 1.25 bits per heavy atom. The molecule has 0 bridgehead atoms. The van der Waals surface area contributed by atoms with Gasteiger partial charge in [-0.05, 0) is 19.1 Å². The van der Waals surface area contributed by atoms with Crippen molar-refractivity contribution in [3.8, 4) is 16.3 Å². The van der Waals surface area contributed by atoms with Gasteiger partial charge >= 0.3 is 0 Å². The molecule has 0 aliphatic rings. The SMILES string of the molecule is CC(=O)c1sc(-c2cnn(-c3ccccc3)c2)nc1C. The van der Waals surface area contributed by atoms with Gasteiger partial charge in [-0.3, -0.25) is 4.79 Å². The maximum Gasteiger partial charge on any atom is 0.171 e. The predicted molar refractivity (Wildman–Crippen MR) is 79.4 cm³/mol. The molecule has 0 atom stereocenters. The summed E-state index contributed by atoms with van der Waals surface area (Å²) in [4.78, 5) is 16.7. The lowest BCUT2D eigenvalue weighted by molar-refractivity contribution is 0.102. The Morgan fingerprint density at radius 3 is 2.65 bits per heavy atom. The van der Waals surface area contributed by atoms with Crippen LogP contribution in [0.15, 0.2) is 42.7 Å². The van der Waals surface area contributed by atoms with Crippen molar-refractivity contribution in [2.24, 2.45) is 0 Å². The summed E-state index contributed by atoms with van der Waals surface area (Å²) in [5.74, 6) is 0.0571. The van der Waals surface area contributed by atoms with Gasteiger partial charge in [0.15, 0.2) is 5.78 Å². The average molecular weight is 283 g/mol. The zero-order valence-corrected chi connectivity index (χ0v) is 12.0. The van der Waals surface area contributed by atoms with E-state index in [1.807, 2.05) is 43.5 Å². The van der Waals surface area contributed by atoms with Crippen molar-refractivity contribution in [3.63, 3.8) is 0 Å². The molecule has 0 aliphatic heterocycles. The number of hydrogen-bond acceptors (Lipinski definition) is 4. The molecule has 3 rings (SSSR count). The van der Waals surface area contributed by atoms with Gasteiger partial charge < -0.3 is 0 Å². The summed E-state index contributed by atoms with van der Waals surface area (Å²) < 4.78 is 1.81. The first-order chi connectivity index (χ1) is 9.65. The molecular formula is C15H13N3OS. The second kappa shape index (κ2) is 5.02. The van der Waals surface area contributed by atoms with Crippen molar-refractivity contribution < 1.29 is 4.79 Å². The Hall–Kier alpha value is -2.27. The molecule has 0 radical (unpaired) electrons. The molecule has 0 unspecified atom stereocenters. The fraction of sp³-hybridized carbons (Fsp3) is 0.133. The van der Waals surface area contributed by atoms with E-state index in [0.29, 0.717) is 4.88 Å². The van der Waals surface area contributed by atoms with Gasteiger partial charge in [0.05, 0.1) is 22.5 Å². The molecule has 5 heteroatoms. The number of aryl methyl sites for hydroxylation is 1. The van der Waals surface area contributed by atoms with Crippen LogP contribution < -0.4 is 0 Å². The zero-order chi connectivity index (χ0) is 14.1. The van der Waals surface area contributed by atoms with E-state index in [4.69, 9.17) is 0 Å². The van der Waals surface area contributed by atoms with Gasteiger partial charge in [0, 0.05) is 18.7 Å². The average Bonchev–Trinajstić information content (AvgIpc) is 3.06. The normalized spacial score (nSPS) is 10.7. The summed E-state index contributed by atoms with van der Waals surface area (Å²) >= 11 is 1.42. The van der Waals surface area contributed by atoms with Crippen molar-refractivity contribution in [2.45, 2.75) is 13.8 Å². The Labute approximate surface area is 120 Å². The minimum atomic E-state index is 0.0571. The maximum absolute atomic E-state index is 11.5. The van der Waals surface area contributed by atoms with Crippen LogP contribution in [0.3, 0.4) is 0 Å². The molecule has 0 N–H and O–H groups in total. The van der Waals surface area contributed by atoms with Crippen LogP contribution in [0.25, 0.3) is 16.3 Å². The van der Waals surface area contributed by atoms with E-state index in [1.54, 1.807) is 17.8 Å². The van der Waals surface area contributed by atoms with Crippen LogP contribution >= 0.6 is 11.3 Å². The van der Waals surface area contributed by atoms with Crippen molar-refractivity contribution in [3.05, 3.63) is 53.3 Å². The lowest BCUT2D eigenvalue weighted by Crippen LogP contribution is -1.92. The first kappa shape index (κ1) is 12.7. The molecule has 4 nitrogen and oxygen atoms in total. The number of hydrogen-bond donors (Lipinski definition) is 0. The first-order valence-corrected chi connectivity index (χ1v) is 7.05. The van der Waals surface area contributed by atoms with E-state index in [2.05, 4.69) is 10.1 Å². The number of benzene rings is 1. The van der Waals surface area contributed by atoms with E-state index in [-0.39, 0.29) is 5.78 Å². The Morgan fingerprint density at radius 2 is 2.00 bits per heavy atom. The molecular weight excluding hydrogens is 270 g/mol. The number of para-hydroxylation sites is 1. The molecule has 100 valence electrons. The third-order valence-electron chi connectivity index (χ3n) is 2.97. The van der Waals surface area contributed by atoms with Gasteiger partial charge in [-0.15, -0.1) is 11.3 Å². The molecule has 1 aromatic carbocycles. The molecule has 2 aromatic heterocycles. The van der Waals surface area contributed by atoms with Gasteiger partial charge in [-0.2, -0.15) is 5.10 Å². The van der Waals surface area contributed by atoms with Crippen LogP contribution in [0.5, 0.6) is 0 Å². The maximum atomic E-state index is 11.5. The number of carbonyl (C=O) groups is 1. The van der Waals surface area contributed by atoms with Gasteiger partial charge in [0.1, 0.15) is 5.01 Å². The van der Waals surface area contributed by atoms with Crippen molar-refractivity contribution in [1.29, 1.82) is 0 Å². The molecule has 0 spiro atoms. The standard InChI is InChI=1S/C15H13N3OS/c1-10-14(11(2)19)20-15(17-10)12-8-16-18(9-12)13-6-4-3-5-7-13/h3-9H,1-2H3. The van der Waals surface area contributed by atoms with Gasteiger partial charge in [-0.25, -0.2) is 9.67 Å². The molecule has 0 fully saturated rings. The van der Waals surface area contributed by atoms with Crippen molar-refractivity contribution >= 4 is 17.1 Å². The highest BCUT2D eigenvalue weighted by atomic mass is 32.1. The number of aromatic nitrogens is 3. The summed E-state index contributed by atoms with van der Waals surface area (Å²) in [6.45, 7) is 3.43. The lowest BCUT2D eigenvalue weighted by atomic mass is 10.3. The van der Waals surface area contributed by atoms with Crippen LogP contribution in [0.4, 0.5) is 0 Å². The van der Waals surface area contributed by atoms with Gasteiger partial charge in [-0.1, -0.05) is 18.2 Å². The van der Waals surface area contributed by atoms with Crippen molar-refractivity contribution in [2.75, 3.05) is 0 Å². The monoisotopic (exact) mass is 283 g/mol. The highest BCUT2D eigenvalue weighted by molar-refractivity contribution is 7.17. The Bertz CT molecular complexity index is 759. The smallest absolute Gasteiger partial charge is 0.171 e. The minimum Gasteiger partial charge on any atom is -0.294 e. The summed E-state index contributed by atoms with van der Waals surface area (Å²) in [6, 6.07) is 9.89. The van der Waals surface area contributed by atoms with Crippen LogP contribution in [-0.4, -0.2) is 20.5 Å². The number of carbonyl (C=O) groups excluding carboxylic acids is 1. The van der Waals surface area contributed by atoms with Crippen LogP contribution in [0, 0.1) is 6.92 Å². The van der Waals surface area contributed by atoms with E-state index in [9.17, 15) is 4.79 Å². The van der Waals surface area contributed by atoms with E-state index in [1.165, 1.54) is 11.3 Å². The van der Waals surface area contributed by atoms with Crippen LogP contribution in [-0.2, 0) is 0 Å². The summed E-state index contributed by atoms with van der Waals surface area (Å²) in [5.41, 5.74) is 2.71. The van der Waals surface area contributed by atoms with Crippen LogP contribution in [0.1, 0.15) is 22.3 Å². The second-order valence-electron chi connectivity index (χ2n) is 4.50. The molecule has 0 saturated heterocycles. The third-order valence-corrected chi connectivity index (χ3v) is 4.27. The summed E-state index contributed by atoms with van der Waals surface area (Å²) in [7, 11) is 0. The third kappa shape index (κ3) is 2.28. The largest absolute Gasteiger partial charge is 0.294 e. The summed E-state index contributed by atoms with van der Waals surface area (Å²) in [5, 5.41) is 5.17. The molecule has 20 heavy (non-hydrogen) atoms. The lowest BCUT2D eigenvalue weighted by Gasteiger charge is -1.98. The number of nitrogens with zero attached hydrogens (tertiary/aromatic N) is 3. The molecule has 0 amide bonds. The van der Waals surface area contributed by atoms with E-state index < -0.39 is 0 Å². The predicted octanol–water partition coefficient (Wildman–Crippen LogP) is 3.51. The first-order valence-electron chi connectivity index (χ1n) is 6.24. The van der Waals surface area contributed by atoms with E-state index in [0.717, 1.165) is 22.0 Å². The fourth-order valence-corrected chi connectivity index (χ4v) is 2.94. The molecule has 2 heterocycles. The number of thiazole rings is 1. The molecule has 0 saturated carbocycles. The van der Waals surface area contributed by atoms with Crippen LogP contribution in [0.2, 0.25) is 0 Å². The number of ketones is 1. The fourth-order valence-electron chi connectivity index (χ4n) is 2.00. The Balaban J connectivity index is 1.98. The number of Topliss-reactive ketones (excluding diaryl/α,β-unsaturated/α-hetero) is 1. The highest BCUT2D eigenvalue weighted by Crippen LogP contribution is 2.28. The van der Waals surface area contributed by atoms with Gasteiger partial charge in [0.2, 0.25) is 0 Å². The second-order valence-corrected chi connectivity index (χ2v) is 5.50. The molecule has 3 aromatic rings. The van der Waals surface area contributed by atoms with Crippen molar-refractivity contribution in [1.82, 2.24) is 14.8 Å². The number of rotatable bonds is 3. The molecule has 0 aliphatic carbocycles. The zero-order valence-electron chi connectivity index (χ0n) is 11.2. The van der Waals surface area contributed by atoms with Gasteiger partial charge in [0.25, 0.3) is 0 Å². The minimum absolute atomic E-state index is 0.0571.